The summed E-state index contributed by atoms with van der Waals surface area (Å²) >= 11 is 5.87. The number of para-hydroxylation sites is 2. The summed E-state index contributed by atoms with van der Waals surface area (Å²) in [5.41, 5.74) is 0.0115. The molecule has 1 heterocycles. The lowest BCUT2D eigenvalue weighted by atomic mass is 10.2. The normalized spacial score (nSPS) is 11.3. The highest BCUT2D eigenvalue weighted by Crippen LogP contribution is 2.37. The number of hydrogen-bond acceptors (Lipinski definition) is 5. The van der Waals surface area contributed by atoms with Crippen LogP contribution in [-0.2, 0) is 6.18 Å². The van der Waals surface area contributed by atoms with E-state index in [0.29, 0.717) is 28.8 Å². The van der Waals surface area contributed by atoms with Crippen LogP contribution in [0.1, 0.15) is 38.2 Å². The zero-order valence-electron chi connectivity index (χ0n) is 17.5. The van der Waals surface area contributed by atoms with Gasteiger partial charge in [-0.3, -0.25) is 0 Å². The van der Waals surface area contributed by atoms with Gasteiger partial charge in [0.15, 0.2) is 0 Å². The van der Waals surface area contributed by atoms with Gasteiger partial charge in [-0.1, -0.05) is 49.9 Å². The largest absolute Gasteiger partial charge is 0.491 e. The van der Waals surface area contributed by atoms with Gasteiger partial charge in [0.05, 0.1) is 12.3 Å². The summed E-state index contributed by atoms with van der Waals surface area (Å²) in [6.07, 6.45) is 0.258. The van der Waals surface area contributed by atoms with E-state index in [4.69, 9.17) is 16.3 Å². The van der Waals surface area contributed by atoms with E-state index in [-0.39, 0.29) is 11.8 Å². The van der Waals surface area contributed by atoms with Gasteiger partial charge in [-0.15, -0.1) is 0 Å². The minimum Gasteiger partial charge on any atom is -0.491 e. The topological polar surface area (TPSA) is 59.1 Å². The number of anilines is 4. The second kappa shape index (κ2) is 11.0. The van der Waals surface area contributed by atoms with E-state index in [1.54, 1.807) is 48.5 Å². The molecule has 2 aromatic carbocycles. The summed E-state index contributed by atoms with van der Waals surface area (Å²) in [5, 5.41) is 6.20. The first-order chi connectivity index (χ1) is 15.4. The zero-order chi connectivity index (χ0) is 23.0. The fourth-order valence-electron chi connectivity index (χ4n) is 2.94. The van der Waals surface area contributed by atoms with Crippen LogP contribution in [0.25, 0.3) is 0 Å². The van der Waals surface area contributed by atoms with Crippen LogP contribution in [0.3, 0.4) is 0 Å². The standard InChI is InChI=1S/C23H24ClF3N4O/c1-2-3-4-7-14-32-20-9-6-5-8-19(20)30-21-18(23(25,26)27)15-28-22(31-21)29-17-12-10-16(24)11-13-17/h5-6,8-13,15H,2-4,7,14H2,1H3,(H2,28,29,30,31). The van der Waals surface area contributed by atoms with E-state index < -0.39 is 11.7 Å². The summed E-state index contributed by atoms with van der Waals surface area (Å²) in [7, 11) is 0. The van der Waals surface area contributed by atoms with Crippen LogP contribution in [-0.4, -0.2) is 16.6 Å². The third-order valence-corrected chi connectivity index (χ3v) is 4.84. The Morgan fingerprint density at radius 2 is 1.72 bits per heavy atom. The van der Waals surface area contributed by atoms with Gasteiger partial charge in [-0.25, -0.2) is 4.98 Å². The van der Waals surface area contributed by atoms with Crippen molar-refractivity contribution in [3.63, 3.8) is 0 Å². The molecule has 3 aromatic rings. The first kappa shape index (κ1) is 23.7. The summed E-state index contributed by atoms with van der Waals surface area (Å²) in [4.78, 5) is 7.89. The Balaban J connectivity index is 1.83. The molecule has 0 bridgehead atoms. The predicted octanol–water partition coefficient (Wildman–Crippen LogP) is 7.60. The molecule has 0 saturated heterocycles. The maximum atomic E-state index is 13.6. The van der Waals surface area contributed by atoms with Crippen molar-refractivity contribution in [3.8, 4) is 5.75 Å². The predicted molar refractivity (Wildman–Crippen MR) is 121 cm³/mol. The summed E-state index contributed by atoms with van der Waals surface area (Å²) < 4.78 is 46.6. The smallest absolute Gasteiger partial charge is 0.421 e. The maximum absolute atomic E-state index is 13.6. The molecule has 2 N–H and O–H groups in total. The second-order valence-electron chi connectivity index (χ2n) is 7.12. The molecule has 0 amide bonds. The first-order valence-electron chi connectivity index (χ1n) is 10.3. The lowest BCUT2D eigenvalue weighted by Crippen LogP contribution is -2.13. The number of halogens is 4. The van der Waals surface area contributed by atoms with Crippen molar-refractivity contribution < 1.29 is 17.9 Å². The van der Waals surface area contributed by atoms with Crippen LogP contribution in [0, 0.1) is 0 Å². The second-order valence-corrected chi connectivity index (χ2v) is 7.55. The minimum absolute atomic E-state index is 0.0146. The molecule has 0 radical (unpaired) electrons. The van der Waals surface area contributed by atoms with E-state index in [2.05, 4.69) is 27.5 Å². The van der Waals surface area contributed by atoms with Gasteiger partial charge in [0.2, 0.25) is 5.95 Å². The number of alkyl halides is 3. The van der Waals surface area contributed by atoms with Crippen molar-refractivity contribution in [3.05, 3.63) is 65.3 Å². The summed E-state index contributed by atoms with van der Waals surface area (Å²) in [6.45, 7) is 2.61. The zero-order valence-corrected chi connectivity index (χ0v) is 18.3. The number of nitrogens with zero attached hydrogens (tertiary/aromatic N) is 2. The van der Waals surface area contributed by atoms with Gasteiger partial charge in [0.25, 0.3) is 0 Å². The molecule has 32 heavy (non-hydrogen) atoms. The van der Waals surface area contributed by atoms with Crippen LogP contribution in [0.2, 0.25) is 5.02 Å². The van der Waals surface area contributed by atoms with Crippen LogP contribution in [0.15, 0.2) is 54.7 Å². The minimum atomic E-state index is -4.63. The molecular formula is C23H24ClF3N4O. The Bertz CT molecular complexity index is 1010. The maximum Gasteiger partial charge on any atom is 0.421 e. The van der Waals surface area contributed by atoms with Crippen LogP contribution < -0.4 is 15.4 Å². The van der Waals surface area contributed by atoms with Crippen molar-refractivity contribution in [1.82, 2.24) is 9.97 Å². The van der Waals surface area contributed by atoms with Crippen LogP contribution in [0.4, 0.5) is 36.3 Å². The molecule has 0 aliphatic heterocycles. The lowest BCUT2D eigenvalue weighted by Gasteiger charge is -2.17. The van der Waals surface area contributed by atoms with Crippen molar-refractivity contribution in [2.45, 2.75) is 38.8 Å². The summed E-state index contributed by atoms with van der Waals surface area (Å²) in [6, 6.07) is 13.5. The molecule has 0 aliphatic rings. The third kappa shape index (κ3) is 6.75. The van der Waals surface area contributed by atoms with Gasteiger partial charge in [-0.05, 0) is 42.8 Å². The van der Waals surface area contributed by atoms with Crippen molar-refractivity contribution in [2.75, 3.05) is 17.2 Å². The van der Waals surface area contributed by atoms with E-state index in [1.807, 2.05) is 0 Å². The molecule has 5 nitrogen and oxygen atoms in total. The molecule has 0 fully saturated rings. The fourth-order valence-corrected chi connectivity index (χ4v) is 3.07. The average Bonchev–Trinajstić information content (AvgIpc) is 2.76. The van der Waals surface area contributed by atoms with Gasteiger partial charge < -0.3 is 15.4 Å². The van der Waals surface area contributed by atoms with Crippen molar-refractivity contribution in [2.24, 2.45) is 0 Å². The molecule has 9 heteroatoms. The van der Waals surface area contributed by atoms with Gasteiger partial charge in [0, 0.05) is 16.9 Å². The van der Waals surface area contributed by atoms with E-state index in [0.717, 1.165) is 31.9 Å². The highest BCUT2D eigenvalue weighted by atomic mass is 35.5. The number of hydrogen-bond donors (Lipinski definition) is 2. The molecular weight excluding hydrogens is 441 g/mol. The van der Waals surface area contributed by atoms with E-state index in [9.17, 15) is 13.2 Å². The Hall–Kier alpha value is -3.00. The molecule has 0 atom stereocenters. The quantitative estimate of drug-likeness (QED) is 0.302. The number of nitrogens with one attached hydrogen (secondary N) is 2. The molecule has 0 unspecified atom stereocenters. The number of benzene rings is 2. The fraction of sp³-hybridized carbons (Fsp3) is 0.304. The average molecular weight is 465 g/mol. The number of aromatic nitrogens is 2. The van der Waals surface area contributed by atoms with Crippen LogP contribution >= 0.6 is 11.6 Å². The van der Waals surface area contributed by atoms with Gasteiger partial charge in [-0.2, -0.15) is 18.2 Å². The SMILES string of the molecule is CCCCCCOc1ccccc1Nc1nc(Nc2ccc(Cl)cc2)ncc1C(F)(F)F. The Labute approximate surface area is 190 Å². The third-order valence-electron chi connectivity index (χ3n) is 4.59. The molecule has 1 aromatic heterocycles. The molecule has 170 valence electrons. The van der Waals surface area contributed by atoms with Crippen molar-refractivity contribution >= 4 is 34.7 Å². The number of rotatable bonds is 10. The Kier molecular flexibility index (Phi) is 8.16. The monoisotopic (exact) mass is 464 g/mol. The number of unbranched alkanes of at least 4 members (excludes halogenated alkanes) is 3. The van der Waals surface area contributed by atoms with Crippen molar-refractivity contribution in [1.29, 1.82) is 0 Å². The highest BCUT2D eigenvalue weighted by molar-refractivity contribution is 6.30. The molecule has 3 rings (SSSR count). The molecule has 0 saturated carbocycles. The van der Waals surface area contributed by atoms with E-state index >= 15 is 0 Å². The molecule has 0 aliphatic carbocycles. The first-order valence-corrected chi connectivity index (χ1v) is 10.7. The van der Waals surface area contributed by atoms with Crippen LogP contribution in [0.5, 0.6) is 5.75 Å². The van der Waals surface area contributed by atoms with E-state index in [1.165, 1.54) is 0 Å². The lowest BCUT2D eigenvalue weighted by molar-refractivity contribution is -0.137. The highest BCUT2D eigenvalue weighted by Gasteiger charge is 2.35. The number of ether oxygens (including phenoxy) is 1. The summed E-state index contributed by atoms with van der Waals surface area (Å²) in [5.74, 6) is 0.106. The Morgan fingerprint density at radius 3 is 2.44 bits per heavy atom. The molecule has 0 spiro atoms. The van der Waals surface area contributed by atoms with Gasteiger partial charge >= 0.3 is 6.18 Å². The Morgan fingerprint density at radius 1 is 0.969 bits per heavy atom. The van der Waals surface area contributed by atoms with Gasteiger partial charge in [0.1, 0.15) is 17.1 Å².